The standard InChI is InChI=1S/C20H21BrF3NO3/c1-10(2)13-8-12(21)9-14(17(13)26)18(27)25-16-6-5-11(20(22,23)24)7-15(16)19(3,4)28/h5-10,26,28H,1-4H3,(H,25,27). The molecule has 0 bridgehead atoms. The summed E-state index contributed by atoms with van der Waals surface area (Å²) >= 11 is 3.29. The molecule has 0 aliphatic heterocycles. The predicted molar refractivity (Wildman–Crippen MR) is 105 cm³/mol. The Morgan fingerprint density at radius 2 is 1.75 bits per heavy atom. The van der Waals surface area contributed by atoms with Crippen LogP contribution >= 0.6 is 15.9 Å². The van der Waals surface area contributed by atoms with Crippen LogP contribution in [0.3, 0.4) is 0 Å². The maximum Gasteiger partial charge on any atom is 0.416 e. The number of phenols is 1. The molecule has 0 aromatic heterocycles. The van der Waals surface area contributed by atoms with Gasteiger partial charge in [-0.3, -0.25) is 4.79 Å². The van der Waals surface area contributed by atoms with Crippen molar-refractivity contribution in [3.63, 3.8) is 0 Å². The zero-order chi connectivity index (χ0) is 21.4. The lowest BCUT2D eigenvalue weighted by Gasteiger charge is -2.23. The van der Waals surface area contributed by atoms with E-state index in [1.54, 1.807) is 6.07 Å². The summed E-state index contributed by atoms with van der Waals surface area (Å²) in [5, 5.41) is 23.2. The van der Waals surface area contributed by atoms with Gasteiger partial charge in [-0.25, -0.2) is 0 Å². The first-order valence-electron chi connectivity index (χ1n) is 8.49. The molecule has 0 fully saturated rings. The van der Waals surface area contributed by atoms with Crippen LogP contribution in [0, 0.1) is 0 Å². The van der Waals surface area contributed by atoms with Crippen LogP contribution < -0.4 is 5.32 Å². The number of nitrogens with one attached hydrogen (secondary N) is 1. The Labute approximate surface area is 169 Å². The molecule has 0 unspecified atom stereocenters. The van der Waals surface area contributed by atoms with E-state index in [1.165, 1.54) is 19.9 Å². The number of aliphatic hydroxyl groups is 1. The van der Waals surface area contributed by atoms with Gasteiger partial charge >= 0.3 is 6.18 Å². The topological polar surface area (TPSA) is 69.6 Å². The van der Waals surface area contributed by atoms with Crippen molar-refractivity contribution in [1.29, 1.82) is 0 Å². The van der Waals surface area contributed by atoms with Gasteiger partial charge in [0.2, 0.25) is 0 Å². The average molecular weight is 460 g/mol. The van der Waals surface area contributed by atoms with E-state index in [2.05, 4.69) is 21.2 Å². The fourth-order valence-corrected chi connectivity index (χ4v) is 3.23. The number of rotatable bonds is 4. The molecular formula is C20H21BrF3NO3. The van der Waals surface area contributed by atoms with E-state index >= 15 is 0 Å². The van der Waals surface area contributed by atoms with Crippen molar-refractivity contribution < 1.29 is 28.2 Å². The number of alkyl halides is 3. The summed E-state index contributed by atoms with van der Waals surface area (Å²) in [4.78, 5) is 12.7. The van der Waals surface area contributed by atoms with Crippen molar-refractivity contribution in [3.8, 4) is 5.75 Å². The van der Waals surface area contributed by atoms with Crippen LogP contribution in [0.25, 0.3) is 0 Å². The number of phenolic OH excluding ortho intramolecular Hbond substituents is 1. The van der Waals surface area contributed by atoms with E-state index in [0.717, 1.165) is 18.2 Å². The second-order valence-electron chi connectivity index (χ2n) is 7.32. The third-order valence-corrected chi connectivity index (χ3v) is 4.68. The highest BCUT2D eigenvalue weighted by Gasteiger charge is 2.33. The van der Waals surface area contributed by atoms with Crippen molar-refractivity contribution in [2.75, 3.05) is 5.32 Å². The summed E-state index contributed by atoms with van der Waals surface area (Å²) in [6, 6.07) is 5.83. The quantitative estimate of drug-likeness (QED) is 0.542. The zero-order valence-electron chi connectivity index (χ0n) is 15.8. The Hall–Kier alpha value is -2.06. The minimum absolute atomic E-state index is 0.0240. The third kappa shape index (κ3) is 4.86. The molecular weight excluding hydrogens is 439 g/mol. The van der Waals surface area contributed by atoms with Gasteiger partial charge in [0.15, 0.2) is 0 Å². The first-order valence-corrected chi connectivity index (χ1v) is 9.29. The summed E-state index contributed by atoms with van der Waals surface area (Å²) in [6.45, 7) is 6.36. The predicted octanol–water partition coefficient (Wildman–Crippen LogP) is 5.78. The van der Waals surface area contributed by atoms with Crippen molar-refractivity contribution >= 4 is 27.5 Å². The molecule has 0 heterocycles. The van der Waals surface area contributed by atoms with Gasteiger partial charge in [-0.1, -0.05) is 29.8 Å². The van der Waals surface area contributed by atoms with Crippen molar-refractivity contribution in [2.45, 2.75) is 45.4 Å². The Balaban J connectivity index is 2.50. The third-order valence-electron chi connectivity index (χ3n) is 4.23. The van der Waals surface area contributed by atoms with Crippen molar-refractivity contribution in [1.82, 2.24) is 0 Å². The molecule has 152 valence electrons. The minimum Gasteiger partial charge on any atom is -0.507 e. The fraction of sp³-hybridized carbons (Fsp3) is 0.350. The molecule has 4 nitrogen and oxygen atoms in total. The Morgan fingerprint density at radius 3 is 2.25 bits per heavy atom. The monoisotopic (exact) mass is 459 g/mol. The van der Waals surface area contributed by atoms with Crippen molar-refractivity contribution in [3.05, 3.63) is 57.1 Å². The van der Waals surface area contributed by atoms with Crippen LogP contribution in [-0.4, -0.2) is 16.1 Å². The molecule has 0 saturated carbocycles. The molecule has 0 aliphatic rings. The van der Waals surface area contributed by atoms with Gasteiger partial charge in [0.1, 0.15) is 5.75 Å². The lowest BCUT2D eigenvalue weighted by molar-refractivity contribution is -0.137. The lowest BCUT2D eigenvalue weighted by atomic mass is 9.94. The van der Waals surface area contributed by atoms with Crippen molar-refractivity contribution in [2.24, 2.45) is 0 Å². The zero-order valence-corrected chi connectivity index (χ0v) is 17.4. The fourth-order valence-electron chi connectivity index (χ4n) is 2.76. The number of benzene rings is 2. The smallest absolute Gasteiger partial charge is 0.416 e. The lowest BCUT2D eigenvalue weighted by Crippen LogP contribution is -2.22. The average Bonchev–Trinajstić information content (AvgIpc) is 2.54. The molecule has 2 aromatic rings. The Morgan fingerprint density at radius 1 is 1.14 bits per heavy atom. The highest BCUT2D eigenvalue weighted by molar-refractivity contribution is 9.10. The molecule has 0 spiro atoms. The normalized spacial score (nSPS) is 12.4. The largest absolute Gasteiger partial charge is 0.507 e. The number of anilines is 1. The molecule has 0 aliphatic carbocycles. The van der Waals surface area contributed by atoms with Crippen LogP contribution in [0.1, 0.15) is 60.7 Å². The van der Waals surface area contributed by atoms with Crippen LogP contribution in [0.4, 0.5) is 18.9 Å². The van der Waals surface area contributed by atoms with E-state index < -0.39 is 23.2 Å². The van der Waals surface area contributed by atoms with E-state index in [9.17, 15) is 28.2 Å². The number of halogens is 4. The van der Waals surface area contributed by atoms with Gasteiger partial charge in [0.25, 0.3) is 5.91 Å². The number of aromatic hydroxyl groups is 1. The maximum absolute atomic E-state index is 13.0. The molecule has 3 N–H and O–H groups in total. The van der Waals surface area contributed by atoms with Gasteiger partial charge in [-0.15, -0.1) is 0 Å². The van der Waals surface area contributed by atoms with Gasteiger partial charge in [-0.05, 0) is 55.7 Å². The van der Waals surface area contributed by atoms with E-state index in [1.807, 2.05) is 13.8 Å². The number of carbonyl (C=O) groups is 1. The summed E-state index contributed by atoms with van der Waals surface area (Å²) in [7, 11) is 0. The number of hydrogen-bond donors (Lipinski definition) is 3. The van der Waals surface area contributed by atoms with E-state index in [-0.39, 0.29) is 28.5 Å². The first-order chi connectivity index (χ1) is 12.7. The molecule has 8 heteroatoms. The molecule has 0 radical (unpaired) electrons. The Bertz CT molecular complexity index is 903. The summed E-state index contributed by atoms with van der Waals surface area (Å²) in [5.41, 5.74) is -2.11. The Kier molecular flexibility index (Phi) is 6.16. The number of amides is 1. The van der Waals surface area contributed by atoms with E-state index in [0.29, 0.717) is 10.0 Å². The van der Waals surface area contributed by atoms with Crippen LogP contribution in [0.2, 0.25) is 0 Å². The van der Waals surface area contributed by atoms with E-state index in [4.69, 9.17) is 0 Å². The summed E-state index contributed by atoms with van der Waals surface area (Å²) < 4.78 is 39.7. The highest BCUT2D eigenvalue weighted by Crippen LogP contribution is 2.37. The molecule has 2 rings (SSSR count). The maximum atomic E-state index is 13.0. The van der Waals surface area contributed by atoms with Gasteiger partial charge < -0.3 is 15.5 Å². The summed E-state index contributed by atoms with van der Waals surface area (Å²) in [6.07, 6.45) is -4.59. The molecule has 2 aromatic carbocycles. The van der Waals surface area contributed by atoms with Crippen LogP contribution in [-0.2, 0) is 11.8 Å². The second kappa shape index (κ2) is 7.75. The highest BCUT2D eigenvalue weighted by atomic mass is 79.9. The summed E-state index contributed by atoms with van der Waals surface area (Å²) in [5.74, 6) is -0.958. The van der Waals surface area contributed by atoms with Gasteiger partial charge in [0.05, 0.1) is 16.7 Å². The van der Waals surface area contributed by atoms with Gasteiger partial charge in [-0.2, -0.15) is 13.2 Å². The molecule has 0 saturated heterocycles. The molecule has 28 heavy (non-hydrogen) atoms. The van der Waals surface area contributed by atoms with Crippen LogP contribution in [0.15, 0.2) is 34.8 Å². The minimum atomic E-state index is -4.59. The first kappa shape index (κ1) is 22.2. The number of carbonyl (C=O) groups excluding carboxylic acids is 1. The molecule has 0 atom stereocenters. The molecule has 1 amide bonds. The van der Waals surface area contributed by atoms with Crippen LogP contribution in [0.5, 0.6) is 5.75 Å². The number of hydrogen-bond acceptors (Lipinski definition) is 3. The van der Waals surface area contributed by atoms with Gasteiger partial charge in [0, 0.05) is 15.7 Å². The SMILES string of the molecule is CC(C)c1cc(Br)cc(C(=O)Nc2ccc(C(F)(F)F)cc2C(C)(C)O)c1O. The second-order valence-corrected chi connectivity index (χ2v) is 8.23.